The number of aromatic amines is 1. The average molecular weight is 351 g/mol. The highest BCUT2D eigenvalue weighted by molar-refractivity contribution is 5.76. The Bertz CT molecular complexity index is 824. The highest BCUT2D eigenvalue weighted by Crippen LogP contribution is 2.16. The smallest absolute Gasteiger partial charge is 0.220 e. The summed E-state index contributed by atoms with van der Waals surface area (Å²) in [6, 6.07) is 15.9. The number of carbonyl (C=O) groups excluding carboxylic acids is 1. The molecule has 5 heteroatoms. The summed E-state index contributed by atoms with van der Waals surface area (Å²) in [5.41, 5.74) is 3.16. The van der Waals surface area contributed by atoms with Gasteiger partial charge < -0.3 is 15.0 Å². The number of ether oxygens (including phenoxy) is 1. The molecular formula is C21H25N3O2. The number of aryl methyl sites for hydroxylation is 2. The third-order valence-corrected chi connectivity index (χ3v) is 4.25. The standard InChI is InChI=1S/C21H25N3O2/c1-16-8-2-5-11-19(16)26-15-7-13-21(25)22-14-6-12-20-23-17-9-3-4-10-18(17)24-20/h2-5,8-11H,6-7,12-15H2,1H3,(H,22,25)(H,23,24). The molecule has 0 saturated heterocycles. The number of carbonyl (C=O) groups is 1. The quantitative estimate of drug-likeness (QED) is 0.577. The number of benzene rings is 2. The topological polar surface area (TPSA) is 67.0 Å². The number of hydrogen-bond donors (Lipinski definition) is 2. The van der Waals surface area contributed by atoms with Crippen LogP contribution >= 0.6 is 0 Å². The number of aromatic nitrogens is 2. The van der Waals surface area contributed by atoms with Gasteiger partial charge in [0.25, 0.3) is 0 Å². The summed E-state index contributed by atoms with van der Waals surface area (Å²) < 4.78 is 5.71. The number of nitrogens with one attached hydrogen (secondary N) is 2. The van der Waals surface area contributed by atoms with Crippen molar-refractivity contribution in [3.63, 3.8) is 0 Å². The second kappa shape index (κ2) is 9.04. The van der Waals surface area contributed by atoms with Gasteiger partial charge in [-0.1, -0.05) is 30.3 Å². The first-order valence-electron chi connectivity index (χ1n) is 9.11. The molecule has 0 fully saturated rings. The lowest BCUT2D eigenvalue weighted by atomic mass is 10.2. The maximum Gasteiger partial charge on any atom is 0.220 e. The van der Waals surface area contributed by atoms with Crippen LogP contribution in [0.1, 0.15) is 30.7 Å². The second-order valence-corrected chi connectivity index (χ2v) is 6.37. The van der Waals surface area contributed by atoms with Gasteiger partial charge in [-0.3, -0.25) is 4.79 Å². The van der Waals surface area contributed by atoms with Crippen LogP contribution in [-0.2, 0) is 11.2 Å². The summed E-state index contributed by atoms with van der Waals surface area (Å²) >= 11 is 0. The van der Waals surface area contributed by atoms with Gasteiger partial charge in [-0.05, 0) is 43.5 Å². The van der Waals surface area contributed by atoms with Gasteiger partial charge in [-0.2, -0.15) is 0 Å². The summed E-state index contributed by atoms with van der Waals surface area (Å²) in [5.74, 6) is 1.92. The number of rotatable bonds is 9. The second-order valence-electron chi connectivity index (χ2n) is 6.37. The normalized spacial score (nSPS) is 10.8. The fourth-order valence-corrected chi connectivity index (χ4v) is 2.83. The molecule has 0 bridgehead atoms. The van der Waals surface area contributed by atoms with Crippen LogP contribution in [0.4, 0.5) is 0 Å². The third kappa shape index (κ3) is 5.09. The monoisotopic (exact) mass is 351 g/mol. The van der Waals surface area contributed by atoms with Gasteiger partial charge in [0.1, 0.15) is 11.6 Å². The van der Waals surface area contributed by atoms with Crippen molar-refractivity contribution in [3.8, 4) is 5.75 Å². The molecule has 2 N–H and O–H groups in total. The van der Waals surface area contributed by atoms with Gasteiger partial charge in [0, 0.05) is 19.4 Å². The Kier molecular flexibility index (Phi) is 6.25. The zero-order valence-corrected chi connectivity index (χ0v) is 15.1. The fraction of sp³-hybridized carbons (Fsp3) is 0.333. The molecule has 0 radical (unpaired) electrons. The van der Waals surface area contributed by atoms with Gasteiger partial charge in [-0.25, -0.2) is 4.98 Å². The summed E-state index contributed by atoms with van der Waals surface area (Å²) in [7, 11) is 0. The van der Waals surface area contributed by atoms with Crippen LogP contribution in [0, 0.1) is 6.92 Å². The molecule has 0 saturated carbocycles. The van der Waals surface area contributed by atoms with Crippen LogP contribution < -0.4 is 10.1 Å². The number of imidazole rings is 1. The molecule has 2 aromatic carbocycles. The van der Waals surface area contributed by atoms with E-state index in [0.29, 0.717) is 26.0 Å². The molecule has 26 heavy (non-hydrogen) atoms. The van der Waals surface area contributed by atoms with Gasteiger partial charge in [0.05, 0.1) is 17.6 Å². The number of hydrogen-bond acceptors (Lipinski definition) is 3. The summed E-state index contributed by atoms with van der Waals surface area (Å²) in [4.78, 5) is 19.7. The van der Waals surface area contributed by atoms with Crippen LogP contribution in [0.3, 0.4) is 0 Å². The van der Waals surface area contributed by atoms with E-state index in [9.17, 15) is 4.79 Å². The Hall–Kier alpha value is -2.82. The first-order chi connectivity index (χ1) is 12.7. The molecular weight excluding hydrogens is 326 g/mol. The molecule has 0 atom stereocenters. The van der Waals surface area contributed by atoms with E-state index < -0.39 is 0 Å². The van der Waals surface area contributed by atoms with Crippen molar-refractivity contribution >= 4 is 16.9 Å². The first-order valence-corrected chi connectivity index (χ1v) is 9.11. The van der Waals surface area contributed by atoms with E-state index in [1.165, 1.54) is 0 Å². The Balaban J connectivity index is 1.29. The van der Waals surface area contributed by atoms with Crippen molar-refractivity contribution in [3.05, 3.63) is 59.9 Å². The van der Waals surface area contributed by atoms with Crippen molar-refractivity contribution in [2.24, 2.45) is 0 Å². The third-order valence-electron chi connectivity index (χ3n) is 4.25. The largest absolute Gasteiger partial charge is 0.493 e. The average Bonchev–Trinajstić information content (AvgIpc) is 3.06. The minimum atomic E-state index is 0.0722. The molecule has 136 valence electrons. The SMILES string of the molecule is Cc1ccccc1OCCCC(=O)NCCCc1nc2ccccc2[nH]1. The lowest BCUT2D eigenvalue weighted by molar-refractivity contribution is -0.121. The molecule has 5 nitrogen and oxygen atoms in total. The molecule has 0 aliphatic carbocycles. The number of para-hydroxylation sites is 3. The van der Waals surface area contributed by atoms with Gasteiger partial charge >= 0.3 is 0 Å². The van der Waals surface area contributed by atoms with Crippen LogP contribution in [0.25, 0.3) is 11.0 Å². The lowest BCUT2D eigenvalue weighted by Crippen LogP contribution is -2.25. The predicted molar refractivity (Wildman–Crippen MR) is 103 cm³/mol. The Morgan fingerprint density at radius 1 is 1.12 bits per heavy atom. The molecule has 0 unspecified atom stereocenters. The van der Waals surface area contributed by atoms with E-state index >= 15 is 0 Å². The fourth-order valence-electron chi connectivity index (χ4n) is 2.83. The molecule has 3 rings (SSSR count). The summed E-state index contributed by atoms with van der Waals surface area (Å²) in [5, 5.41) is 2.96. The van der Waals surface area contributed by atoms with Crippen molar-refractivity contribution < 1.29 is 9.53 Å². The number of H-pyrrole nitrogens is 1. The molecule has 1 heterocycles. The van der Waals surface area contributed by atoms with Crippen LogP contribution in [0.2, 0.25) is 0 Å². The van der Waals surface area contributed by atoms with Gasteiger partial charge in [-0.15, -0.1) is 0 Å². The highest BCUT2D eigenvalue weighted by Gasteiger charge is 2.04. The van der Waals surface area contributed by atoms with E-state index in [2.05, 4.69) is 15.3 Å². The van der Waals surface area contributed by atoms with Crippen molar-refractivity contribution in [1.29, 1.82) is 0 Å². The predicted octanol–water partition coefficient (Wildman–Crippen LogP) is 3.78. The Labute approximate surface area is 153 Å². The number of fused-ring (bicyclic) bond motifs is 1. The molecule has 3 aromatic rings. The first kappa shape index (κ1) is 18.0. The summed E-state index contributed by atoms with van der Waals surface area (Å²) in [6.07, 6.45) is 2.89. The maximum atomic E-state index is 11.9. The van der Waals surface area contributed by atoms with Gasteiger partial charge in [0.2, 0.25) is 5.91 Å². The van der Waals surface area contributed by atoms with Crippen LogP contribution in [0.15, 0.2) is 48.5 Å². The zero-order valence-electron chi connectivity index (χ0n) is 15.1. The molecule has 0 aliphatic heterocycles. The zero-order chi connectivity index (χ0) is 18.2. The number of nitrogens with zero attached hydrogens (tertiary/aromatic N) is 1. The van der Waals surface area contributed by atoms with E-state index in [4.69, 9.17) is 4.74 Å². The van der Waals surface area contributed by atoms with E-state index in [1.807, 2.05) is 55.5 Å². The van der Waals surface area contributed by atoms with Crippen LogP contribution in [-0.4, -0.2) is 29.0 Å². The van der Waals surface area contributed by atoms with Crippen molar-refractivity contribution in [2.45, 2.75) is 32.6 Å². The van der Waals surface area contributed by atoms with Gasteiger partial charge in [0.15, 0.2) is 0 Å². The molecule has 0 spiro atoms. The van der Waals surface area contributed by atoms with E-state index in [0.717, 1.165) is 41.0 Å². The minimum Gasteiger partial charge on any atom is -0.493 e. The van der Waals surface area contributed by atoms with Crippen molar-refractivity contribution in [1.82, 2.24) is 15.3 Å². The molecule has 0 aliphatic rings. The summed E-state index contributed by atoms with van der Waals surface area (Å²) in [6.45, 7) is 3.23. The van der Waals surface area contributed by atoms with Crippen LogP contribution in [0.5, 0.6) is 5.75 Å². The minimum absolute atomic E-state index is 0.0722. The highest BCUT2D eigenvalue weighted by atomic mass is 16.5. The lowest BCUT2D eigenvalue weighted by Gasteiger charge is -2.09. The Morgan fingerprint density at radius 2 is 1.92 bits per heavy atom. The van der Waals surface area contributed by atoms with E-state index in [-0.39, 0.29) is 5.91 Å². The maximum absolute atomic E-state index is 11.9. The van der Waals surface area contributed by atoms with Crippen molar-refractivity contribution in [2.75, 3.05) is 13.2 Å². The molecule has 1 amide bonds. The van der Waals surface area contributed by atoms with E-state index in [1.54, 1.807) is 0 Å². The number of amides is 1. The molecule has 1 aromatic heterocycles. The Morgan fingerprint density at radius 3 is 2.77 bits per heavy atom.